The van der Waals surface area contributed by atoms with Gasteiger partial charge in [-0.25, -0.2) is 4.98 Å². The number of halogens is 1. The van der Waals surface area contributed by atoms with Gasteiger partial charge in [0.05, 0.1) is 0 Å². The largest absolute Gasteiger partial charge is 0.310 e. The maximum atomic E-state index is 12.3. The molecule has 4 heteroatoms. The second kappa shape index (κ2) is 5.41. The molecule has 1 heterocycles. The van der Waals surface area contributed by atoms with Gasteiger partial charge in [-0.2, -0.15) is 0 Å². The van der Waals surface area contributed by atoms with Crippen molar-refractivity contribution < 1.29 is 4.79 Å². The Balaban J connectivity index is 2.33. The van der Waals surface area contributed by atoms with E-state index >= 15 is 0 Å². The molecule has 3 nitrogen and oxygen atoms in total. The number of pyridine rings is 1. The molecule has 0 aliphatic heterocycles. The molecule has 0 aliphatic carbocycles. The minimum absolute atomic E-state index is 0.172. The number of aromatic nitrogens is 1. The van der Waals surface area contributed by atoms with E-state index in [0.29, 0.717) is 10.8 Å². The number of nitrogens with zero attached hydrogens (tertiary/aromatic N) is 2. The molecule has 0 saturated heterocycles. The molecule has 19 heavy (non-hydrogen) atoms. The number of benzene rings is 1. The lowest BCUT2D eigenvalue weighted by Gasteiger charge is -2.19. The van der Waals surface area contributed by atoms with Crippen LogP contribution in [0.15, 0.2) is 36.4 Å². The molecule has 0 unspecified atom stereocenters. The number of aryl methyl sites for hydroxylation is 2. The normalized spacial score (nSPS) is 10.3. The van der Waals surface area contributed by atoms with E-state index in [1.807, 2.05) is 32.0 Å². The van der Waals surface area contributed by atoms with E-state index < -0.39 is 0 Å². The third-order valence-electron chi connectivity index (χ3n) is 2.95. The van der Waals surface area contributed by atoms with Gasteiger partial charge in [0.25, 0.3) is 5.91 Å². The van der Waals surface area contributed by atoms with Gasteiger partial charge in [-0.3, -0.25) is 4.79 Å². The summed E-state index contributed by atoms with van der Waals surface area (Å²) in [6.07, 6.45) is 0. The first-order valence-corrected chi connectivity index (χ1v) is 6.34. The van der Waals surface area contributed by atoms with Crippen LogP contribution in [0.3, 0.4) is 0 Å². The van der Waals surface area contributed by atoms with Crippen molar-refractivity contribution in [1.82, 2.24) is 4.98 Å². The zero-order chi connectivity index (χ0) is 14.0. The molecule has 0 saturated carbocycles. The first-order chi connectivity index (χ1) is 8.99. The minimum Gasteiger partial charge on any atom is -0.310 e. The molecule has 0 N–H and O–H groups in total. The predicted octanol–water partition coefficient (Wildman–Crippen LogP) is 3.63. The summed E-state index contributed by atoms with van der Waals surface area (Å²) < 4.78 is 0. The van der Waals surface area contributed by atoms with Crippen molar-refractivity contribution in [3.63, 3.8) is 0 Å². The third-order valence-corrected chi connectivity index (χ3v) is 3.16. The van der Waals surface area contributed by atoms with Crippen molar-refractivity contribution in [1.29, 1.82) is 0 Å². The summed E-state index contributed by atoms with van der Waals surface area (Å²) in [5.41, 5.74) is 3.44. The van der Waals surface area contributed by atoms with Crippen LogP contribution < -0.4 is 4.90 Å². The third kappa shape index (κ3) is 2.93. The first-order valence-electron chi connectivity index (χ1n) is 5.97. The molecule has 0 spiro atoms. The van der Waals surface area contributed by atoms with Gasteiger partial charge in [0.15, 0.2) is 0 Å². The second-order valence-corrected chi connectivity index (χ2v) is 4.89. The Bertz CT molecular complexity index is 625. The van der Waals surface area contributed by atoms with Crippen LogP contribution in [-0.2, 0) is 0 Å². The van der Waals surface area contributed by atoms with Crippen LogP contribution in [0.1, 0.15) is 21.6 Å². The molecule has 0 aliphatic rings. The maximum absolute atomic E-state index is 12.3. The second-order valence-electron chi connectivity index (χ2n) is 4.50. The van der Waals surface area contributed by atoms with Gasteiger partial charge < -0.3 is 4.90 Å². The van der Waals surface area contributed by atoms with Crippen LogP contribution >= 0.6 is 11.6 Å². The van der Waals surface area contributed by atoms with E-state index in [9.17, 15) is 4.79 Å². The van der Waals surface area contributed by atoms with Crippen LogP contribution in [0.2, 0.25) is 5.15 Å². The molecule has 0 bridgehead atoms. The zero-order valence-corrected chi connectivity index (χ0v) is 11.9. The highest BCUT2D eigenvalue weighted by molar-refractivity contribution is 6.29. The van der Waals surface area contributed by atoms with Gasteiger partial charge in [-0.1, -0.05) is 35.4 Å². The predicted molar refractivity (Wildman–Crippen MR) is 77.9 cm³/mol. The first kappa shape index (κ1) is 13.6. The van der Waals surface area contributed by atoms with Crippen molar-refractivity contribution in [2.75, 3.05) is 11.9 Å². The Kier molecular flexibility index (Phi) is 3.86. The lowest BCUT2D eigenvalue weighted by atomic mass is 10.1. The van der Waals surface area contributed by atoms with Gasteiger partial charge >= 0.3 is 0 Å². The molecule has 1 aromatic carbocycles. The smallest absolute Gasteiger partial charge is 0.276 e. The van der Waals surface area contributed by atoms with E-state index in [1.54, 1.807) is 30.1 Å². The molecule has 0 fully saturated rings. The summed E-state index contributed by atoms with van der Waals surface area (Å²) in [5, 5.41) is 0.319. The van der Waals surface area contributed by atoms with Crippen molar-refractivity contribution in [2.24, 2.45) is 0 Å². The number of carbonyl (C=O) groups excluding carboxylic acids is 1. The van der Waals surface area contributed by atoms with Crippen molar-refractivity contribution in [3.8, 4) is 0 Å². The topological polar surface area (TPSA) is 33.2 Å². The van der Waals surface area contributed by atoms with Crippen LogP contribution in [0.5, 0.6) is 0 Å². The average molecular weight is 275 g/mol. The lowest BCUT2D eigenvalue weighted by molar-refractivity contribution is 0.0988. The number of hydrogen-bond donors (Lipinski definition) is 0. The summed E-state index contributed by atoms with van der Waals surface area (Å²) in [6.45, 7) is 4.01. The van der Waals surface area contributed by atoms with Gasteiger partial charge in [0.1, 0.15) is 10.8 Å². The minimum atomic E-state index is -0.172. The highest BCUT2D eigenvalue weighted by Crippen LogP contribution is 2.21. The van der Waals surface area contributed by atoms with E-state index in [0.717, 1.165) is 11.3 Å². The standard InChI is InChI=1S/C15H15ClN2O/c1-10-7-8-13(11(2)9-10)18(3)15(19)12-5-4-6-14(16)17-12/h4-9H,1-3H3. The van der Waals surface area contributed by atoms with Gasteiger partial charge in [0.2, 0.25) is 0 Å². The van der Waals surface area contributed by atoms with Crippen LogP contribution in [0.4, 0.5) is 5.69 Å². The average Bonchev–Trinajstić information content (AvgIpc) is 2.37. The zero-order valence-electron chi connectivity index (χ0n) is 11.1. The molecule has 1 amide bonds. The molecule has 2 rings (SSSR count). The number of hydrogen-bond acceptors (Lipinski definition) is 2. The van der Waals surface area contributed by atoms with Gasteiger partial charge in [-0.05, 0) is 37.6 Å². The molecular formula is C15H15ClN2O. The van der Waals surface area contributed by atoms with E-state index in [1.165, 1.54) is 5.56 Å². The van der Waals surface area contributed by atoms with Gasteiger partial charge in [0, 0.05) is 12.7 Å². The molecular weight excluding hydrogens is 260 g/mol. The fraction of sp³-hybridized carbons (Fsp3) is 0.200. The van der Waals surface area contributed by atoms with Gasteiger partial charge in [-0.15, -0.1) is 0 Å². The number of carbonyl (C=O) groups is 1. The highest BCUT2D eigenvalue weighted by Gasteiger charge is 2.16. The summed E-state index contributed by atoms with van der Waals surface area (Å²) in [4.78, 5) is 18.0. The van der Waals surface area contributed by atoms with E-state index in [4.69, 9.17) is 11.6 Å². The molecule has 98 valence electrons. The Morgan fingerprint density at radius 1 is 1.21 bits per heavy atom. The Morgan fingerprint density at radius 2 is 1.95 bits per heavy atom. The van der Waals surface area contributed by atoms with Crippen molar-refractivity contribution in [3.05, 3.63) is 58.4 Å². The van der Waals surface area contributed by atoms with E-state index in [-0.39, 0.29) is 5.91 Å². The fourth-order valence-electron chi connectivity index (χ4n) is 1.99. The lowest BCUT2D eigenvalue weighted by Crippen LogP contribution is -2.27. The number of amides is 1. The van der Waals surface area contributed by atoms with Crippen molar-refractivity contribution >= 4 is 23.2 Å². The molecule has 2 aromatic rings. The van der Waals surface area contributed by atoms with Crippen LogP contribution in [-0.4, -0.2) is 17.9 Å². The molecule has 0 atom stereocenters. The number of rotatable bonds is 2. The quantitative estimate of drug-likeness (QED) is 0.784. The Morgan fingerprint density at radius 3 is 2.58 bits per heavy atom. The van der Waals surface area contributed by atoms with Crippen molar-refractivity contribution in [2.45, 2.75) is 13.8 Å². The Labute approximate surface area is 117 Å². The molecule has 0 radical (unpaired) electrons. The summed E-state index contributed by atoms with van der Waals surface area (Å²) >= 11 is 5.81. The van der Waals surface area contributed by atoms with Crippen LogP contribution in [0, 0.1) is 13.8 Å². The highest BCUT2D eigenvalue weighted by atomic mass is 35.5. The monoisotopic (exact) mass is 274 g/mol. The fourth-order valence-corrected chi connectivity index (χ4v) is 2.15. The summed E-state index contributed by atoms with van der Waals surface area (Å²) in [6, 6.07) is 11.0. The number of anilines is 1. The Hall–Kier alpha value is -1.87. The van der Waals surface area contributed by atoms with Crippen LogP contribution in [0.25, 0.3) is 0 Å². The summed E-state index contributed by atoms with van der Waals surface area (Å²) in [5.74, 6) is -0.172. The molecule has 1 aromatic heterocycles. The maximum Gasteiger partial charge on any atom is 0.276 e. The van der Waals surface area contributed by atoms with E-state index in [2.05, 4.69) is 4.98 Å². The SMILES string of the molecule is Cc1ccc(N(C)C(=O)c2cccc(Cl)n2)c(C)c1. The summed E-state index contributed by atoms with van der Waals surface area (Å²) in [7, 11) is 1.74.